The van der Waals surface area contributed by atoms with Crippen molar-refractivity contribution in [2.75, 3.05) is 4.90 Å². The van der Waals surface area contributed by atoms with E-state index < -0.39 is 0 Å². The number of aromatic nitrogens is 2. The fourth-order valence-corrected chi connectivity index (χ4v) is 2.60. The summed E-state index contributed by atoms with van der Waals surface area (Å²) in [6.45, 7) is 5.57. The molecule has 1 amide bonds. The van der Waals surface area contributed by atoms with Gasteiger partial charge in [0.2, 0.25) is 11.8 Å². The summed E-state index contributed by atoms with van der Waals surface area (Å²) < 4.78 is 5.27. The molecule has 0 N–H and O–H groups in total. The zero-order chi connectivity index (χ0) is 14.3. The molecule has 0 spiro atoms. The van der Waals surface area contributed by atoms with Crippen molar-refractivity contribution in [1.29, 1.82) is 0 Å². The largest absolute Gasteiger partial charge is 0.339 e. The number of hydrogen-bond acceptors (Lipinski definition) is 4. The van der Waals surface area contributed by atoms with Crippen LogP contribution in [-0.4, -0.2) is 16.0 Å². The van der Waals surface area contributed by atoms with E-state index in [1.807, 2.05) is 38.1 Å². The number of benzene rings is 1. The number of rotatable bonds is 2. The van der Waals surface area contributed by atoms with E-state index in [0.717, 1.165) is 17.7 Å². The van der Waals surface area contributed by atoms with E-state index in [-0.39, 0.29) is 17.9 Å². The third kappa shape index (κ3) is 1.99. The minimum Gasteiger partial charge on any atom is -0.339 e. The van der Waals surface area contributed by atoms with Crippen molar-refractivity contribution < 1.29 is 9.32 Å². The molecule has 2 aromatic rings. The number of hydrogen-bond donors (Lipinski definition) is 0. The first-order valence-electron chi connectivity index (χ1n) is 6.79. The minimum absolute atomic E-state index is 0.00385. The van der Waals surface area contributed by atoms with Crippen LogP contribution in [0.2, 0.25) is 0 Å². The van der Waals surface area contributed by atoms with Crippen molar-refractivity contribution >= 4 is 11.6 Å². The monoisotopic (exact) mass is 271 g/mol. The second-order valence-corrected chi connectivity index (χ2v) is 5.38. The molecule has 0 bridgehead atoms. The Labute approximate surface area is 117 Å². The van der Waals surface area contributed by atoms with Crippen molar-refractivity contribution in [2.45, 2.75) is 39.2 Å². The Bertz CT molecular complexity index is 648. The molecule has 5 heteroatoms. The van der Waals surface area contributed by atoms with Crippen LogP contribution < -0.4 is 4.90 Å². The zero-order valence-corrected chi connectivity index (χ0v) is 11.8. The van der Waals surface area contributed by atoms with Crippen LogP contribution in [0.15, 0.2) is 28.8 Å². The molecule has 1 aromatic carbocycles. The van der Waals surface area contributed by atoms with Crippen LogP contribution in [0.4, 0.5) is 5.69 Å². The molecule has 0 saturated carbocycles. The van der Waals surface area contributed by atoms with Gasteiger partial charge in [0, 0.05) is 24.9 Å². The molecule has 0 saturated heterocycles. The summed E-state index contributed by atoms with van der Waals surface area (Å²) in [4.78, 5) is 18.2. The third-order valence-electron chi connectivity index (χ3n) is 3.56. The minimum atomic E-state index is -0.166. The van der Waals surface area contributed by atoms with E-state index in [9.17, 15) is 4.79 Å². The number of anilines is 1. The van der Waals surface area contributed by atoms with E-state index in [0.29, 0.717) is 11.7 Å². The molecule has 3 rings (SSSR count). The maximum Gasteiger partial charge on any atom is 0.229 e. The van der Waals surface area contributed by atoms with Gasteiger partial charge >= 0.3 is 0 Å². The lowest BCUT2D eigenvalue weighted by Gasteiger charge is -2.21. The lowest BCUT2D eigenvalue weighted by Crippen LogP contribution is -2.30. The van der Waals surface area contributed by atoms with Crippen LogP contribution in [0.25, 0.3) is 0 Å². The van der Waals surface area contributed by atoms with Crippen molar-refractivity contribution in [3.63, 3.8) is 0 Å². The first-order valence-corrected chi connectivity index (χ1v) is 6.79. The van der Waals surface area contributed by atoms with Crippen LogP contribution >= 0.6 is 0 Å². The number of amides is 1. The highest BCUT2D eigenvalue weighted by atomic mass is 16.5. The average Bonchev–Trinajstić information content (AvgIpc) is 3.02. The molecule has 2 heterocycles. The van der Waals surface area contributed by atoms with E-state index in [4.69, 9.17) is 4.52 Å². The van der Waals surface area contributed by atoms with Crippen molar-refractivity contribution in [1.82, 2.24) is 10.1 Å². The van der Waals surface area contributed by atoms with Gasteiger partial charge in [0.1, 0.15) is 6.04 Å². The summed E-state index contributed by atoms with van der Waals surface area (Å²) in [7, 11) is 0. The third-order valence-corrected chi connectivity index (χ3v) is 3.56. The second-order valence-electron chi connectivity index (χ2n) is 5.38. The van der Waals surface area contributed by atoms with Crippen molar-refractivity contribution in [3.8, 4) is 0 Å². The summed E-state index contributed by atoms with van der Waals surface area (Å²) >= 11 is 0. The van der Waals surface area contributed by atoms with Crippen LogP contribution in [0.1, 0.15) is 50.0 Å². The van der Waals surface area contributed by atoms with E-state index in [1.54, 1.807) is 11.8 Å². The van der Waals surface area contributed by atoms with E-state index in [2.05, 4.69) is 10.1 Å². The Morgan fingerprint density at radius 3 is 2.80 bits per heavy atom. The Morgan fingerprint density at radius 2 is 2.15 bits per heavy atom. The van der Waals surface area contributed by atoms with Crippen LogP contribution in [0.5, 0.6) is 0 Å². The quantitative estimate of drug-likeness (QED) is 0.842. The molecule has 20 heavy (non-hydrogen) atoms. The topological polar surface area (TPSA) is 59.2 Å². The van der Waals surface area contributed by atoms with Crippen LogP contribution in [0.3, 0.4) is 0 Å². The summed E-state index contributed by atoms with van der Waals surface area (Å²) in [6, 6.07) is 7.75. The van der Waals surface area contributed by atoms with Gasteiger partial charge in [-0.05, 0) is 11.6 Å². The SMILES string of the molecule is CC(=O)N1c2ccccc2CC1c1noc(C(C)C)n1. The Hall–Kier alpha value is -2.17. The molecule has 1 aliphatic rings. The number of nitrogens with zero attached hydrogens (tertiary/aromatic N) is 3. The van der Waals surface area contributed by atoms with Gasteiger partial charge in [-0.15, -0.1) is 0 Å². The predicted molar refractivity (Wildman–Crippen MR) is 74.4 cm³/mol. The van der Waals surface area contributed by atoms with Gasteiger partial charge in [0.15, 0.2) is 5.82 Å². The number of carbonyl (C=O) groups excluding carboxylic acids is 1. The van der Waals surface area contributed by atoms with Gasteiger partial charge in [-0.1, -0.05) is 37.2 Å². The van der Waals surface area contributed by atoms with Gasteiger partial charge in [0.05, 0.1) is 0 Å². The molecule has 104 valence electrons. The van der Waals surface area contributed by atoms with Gasteiger partial charge in [-0.2, -0.15) is 4.98 Å². The van der Waals surface area contributed by atoms with Gasteiger partial charge in [0.25, 0.3) is 0 Å². The predicted octanol–water partition coefficient (Wildman–Crippen LogP) is 2.84. The highest BCUT2D eigenvalue weighted by Crippen LogP contribution is 2.39. The van der Waals surface area contributed by atoms with Crippen molar-refractivity contribution in [3.05, 3.63) is 41.5 Å². The molecule has 1 unspecified atom stereocenters. The van der Waals surface area contributed by atoms with Crippen molar-refractivity contribution in [2.24, 2.45) is 0 Å². The molecule has 0 radical (unpaired) electrons. The number of carbonyl (C=O) groups is 1. The Balaban J connectivity index is 1.99. The van der Waals surface area contributed by atoms with E-state index >= 15 is 0 Å². The summed E-state index contributed by atoms with van der Waals surface area (Å²) in [5.74, 6) is 1.38. The van der Waals surface area contributed by atoms with Crippen LogP contribution in [0, 0.1) is 0 Å². The maximum absolute atomic E-state index is 12.0. The smallest absolute Gasteiger partial charge is 0.229 e. The zero-order valence-electron chi connectivity index (χ0n) is 11.8. The Kier molecular flexibility index (Phi) is 3.04. The van der Waals surface area contributed by atoms with Crippen LogP contribution in [-0.2, 0) is 11.2 Å². The molecular weight excluding hydrogens is 254 g/mol. The molecular formula is C15H17N3O2. The standard InChI is InChI=1S/C15H17N3O2/c1-9(2)15-16-14(17-20-15)13-8-11-6-4-5-7-12(11)18(13)10(3)19/h4-7,9,13H,8H2,1-3H3. The highest BCUT2D eigenvalue weighted by Gasteiger charge is 2.36. The van der Waals surface area contributed by atoms with Gasteiger partial charge in [-0.3, -0.25) is 4.79 Å². The normalized spacial score (nSPS) is 17.6. The average molecular weight is 271 g/mol. The fraction of sp³-hybridized carbons (Fsp3) is 0.400. The molecule has 0 fully saturated rings. The molecule has 1 aromatic heterocycles. The maximum atomic E-state index is 12.0. The lowest BCUT2D eigenvalue weighted by atomic mass is 10.1. The fourth-order valence-electron chi connectivity index (χ4n) is 2.60. The van der Waals surface area contributed by atoms with E-state index in [1.165, 1.54) is 0 Å². The molecule has 1 aliphatic heterocycles. The van der Waals surface area contributed by atoms with Gasteiger partial charge in [-0.25, -0.2) is 0 Å². The molecule has 5 nitrogen and oxygen atoms in total. The highest BCUT2D eigenvalue weighted by molar-refractivity contribution is 5.94. The molecule has 0 aliphatic carbocycles. The number of para-hydroxylation sites is 1. The van der Waals surface area contributed by atoms with Gasteiger partial charge < -0.3 is 9.42 Å². The first kappa shape index (κ1) is 12.8. The first-order chi connectivity index (χ1) is 9.58. The second kappa shape index (κ2) is 4.74. The Morgan fingerprint density at radius 1 is 1.40 bits per heavy atom. The molecule has 1 atom stereocenters. The lowest BCUT2D eigenvalue weighted by molar-refractivity contribution is -0.117. The number of fused-ring (bicyclic) bond motifs is 1. The summed E-state index contributed by atoms with van der Waals surface area (Å²) in [5, 5.41) is 4.06. The summed E-state index contributed by atoms with van der Waals surface area (Å²) in [6.07, 6.45) is 0.729. The summed E-state index contributed by atoms with van der Waals surface area (Å²) in [5.41, 5.74) is 2.09.